The molecular weight excluding hydrogens is 328 g/mol. The van der Waals surface area contributed by atoms with Crippen molar-refractivity contribution >= 4 is 23.7 Å². The lowest BCUT2D eigenvalue weighted by atomic mass is 9.90. The number of carbonyl (C=O) groups is 1. The van der Waals surface area contributed by atoms with Crippen molar-refractivity contribution in [3.8, 4) is 0 Å². The van der Waals surface area contributed by atoms with Crippen molar-refractivity contribution in [1.29, 1.82) is 0 Å². The average molecular weight is 357 g/mol. The Bertz CT molecular complexity index is 645. The molecule has 0 radical (unpaired) electrons. The average Bonchev–Trinajstić information content (AvgIpc) is 3.28. The Hall–Kier alpha value is -1.42. The normalized spacial score (nSPS) is 19.8. The topological polar surface area (TPSA) is 41.1 Å². The summed E-state index contributed by atoms with van der Waals surface area (Å²) in [6, 6.07) is 2.31. The van der Waals surface area contributed by atoms with E-state index in [1.165, 1.54) is 79.1 Å². The molecule has 1 fully saturated rings. The lowest BCUT2D eigenvalue weighted by molar-refractivity contribution is 0.257. The highest BCUT2D eigenvalue weighted by Gasteiger charge is 2.24. The standard InChI is InChI=1S/C21H28N2OS/c24-21(23-25-13-12-15-6-2-1-3-7-15)22-20-18-10-4-8-16(18)14-17-9-5-11-19(17)20/h12-15H,1-11H2,(H2,22,23,24)/b13-12+. The summed E-state index contributed by atoms with van der Waals surface area (Å²) in [5, 5.41) is 5.23. The summed E-state index contributed by atoms with van der Waals surface area (Å²) in [6.07, 6.45) is 15.9. The van der Waals surface area contributed by atoms with Crippen molar-refractivity contribution in [2.24, 2.45) is 5.92 Å². The second-order valence-corrected chi connectivity index (χ2v) is 8.35. The van der Waals surface area contributed by atoms with Gasteiger partial charge in [-0.2, -0.15) is 0 Å². The van der Waals surface area contributed by atoms with Crippen molar-refractivity contribution in [1.82, 2.24) is 4.72 Å². The summed E-state index contributed by atoms with van der Waals surface area (Å²) in [5.74, 6) is 0.701. The number of aryl methyl sites for hydroxylation is 2. The highest BCUT2D eigenvalue weighted by Crippen LogP contribution is 2.38. The van der Waals surface area contributed by atoms with E-state index in [2.05, 4.69) is 27.6 Å². The minimum Gasteiger partial charge on any atom is -0.307 e. The van der Waals surface area contributed by atoms with Gasteiger partial charge in [0.1, 0.15) is 0 Å². The molecule has 1 aromatic carbocycles. The molecule has 0 atom stereocenters. The minimum atomic E-state index is -0.0901. The van der Waals surface area contributed by atoms with Crippen LogP contribution in [0, 0.1) is 5.92 Å². The van der Waals surface area contributed by atoms with E-state index in [4.69, 9.17) is 0 Å². The Morgan fingerprint density at radius 3 is 2.32 bits per heavy atom. The van der Waals surface area contributed by atoms with Crippen LogP contribution in [0.25, 0.3) is 0 Å². The van der Waals surface area contributed by atoms with E-state index >= 15 is 0 Å². The van der Waals surface area contributed by atoms with Crippen molar-refractivity contribution < 1.29 is 4.79 Å². The van der Waals surface area contributed by atoms with Crippen LogP contribution in [-0.2, 0) is 25.7 Å². The van der Waals surface area contributed by atoms with Crippen molar-refractivity contribution in [3.05, 3.63) is 39.8 Å². The van der Waals surface area contributed by atoms with Crippen molar-refractivity contribution in [3.63, 3.8) is 0 Å². The molecule has 0 unspecified atom stereocenters. The third-order valence-electron chi connectivity index (χ3n) is 5.93. The summed E-state index contributed by atoms with van der Waals surface area (Å²) in [6.45, 7) is 0. The third kappa shape index (κ3) is 3.89. The van der Waals surface area contributed by atoms with Gasteiger partial charge in [-0.3, -0.25) is 4.72 Å². The van der Waals surface area contributed by atoms with Crippen LogP contribution in [0.15, 0.2) is 17.6 Å². The van der Waals surface area contributed by atoms with Crippen LogP contribution in [0.5, 0.6) is 0 Å². The summed E-state index contributed by atoms with van der Waals surface area (Å²) >= 11 is 1.40. The molecular formula is C21H28N2OS. The number of urea groups is 1. The van der Waals surface area contributed by atoms with Crippen LogP contribution in [-0.4, -0.2) is 6.03 Å². The van der Waals surface area contributed by atoms with Crippen molar-refractivity contribution in [2.45, 2.75) is 70.6 Å². The number of rotatable bonds is 4. The van der Waals surface area contributed by atoms with Gasteiger partial charge in [0, 0.05) is 5.69 Å². The van der Waals surface area contributed by atoms with Crippen LogP contribution in [0.2, 0.25) is 0 Å². The Morgan fingerprint density at radius 1 is 0.960 bits per heavy atom. The predicted octanol–water partition coefficient (Wildman–Crippen LogP) is 5.53. The number of hydrogen-bond acceptors (Lipinski definition) is 2. The van der Waals surface area contributed by atoms with Gasteiger partial charge < -0.3 is 5.32 Å². The predicted molar refractivity (Wildman–Crippen MR) is 106 cm³/mol. The quantitative estimate of drug-likeness (QED) is 0.697. The number of hydrogen-bond donors (Lipinski definition) is 2. The number of allylic oxidation sites excluding steroid dienone is 1. The van der Waals surface area contributed by atoms with Gasteiger partial charge in [-0.1, -0.05) is 31.4 Å². The summed E-state index contributed by atoms with van der Waals surface area (Å²) in [5.41, 5.74) is 6.82. The van der Waals surface area contributed by atoms with E-state index in [9.17, 15) is 4.79 Å². The summed E-state index contributed by atoms with van der Waals surface area (Å²) in [7, 11) is 0. The molecule has 0 spiro atoms. The molecule has 0 heterocycles. The molecule has 1 aromatic rings. The fraction of sp³-hybridized carbons (Fsp3) is 0.571. The SMILES string of the molecule is O=C(NS/C=C/C1CCCCC1)Nc1c2c(cc3c1CCC3)CCC2. The van der Waals surface area contributed by atoms with E-state index in [0.29, 0.717) is 5.92 Å². The fourth-order valence-corrected chi connectivity index (χ4v) is 5.20. The molecule has 0 aromatic heterocycles. The number of anilines is 1. The summed E-state index contributed by atoms with van der Waals surface area (Å²) < 4.78 is 2.93. The summed E-state index contributed by atoms with van der Waals surface area (Å²) in [4.78, 5) is 12.4. The van der Waals surface area contributed by atoms with Crippen LogP contribution in [0.4, 0.5) is 10.5 Å². The maximum Gasteiger partial charge on any atom is 0.329 e. The maximum absolute atomic E-state index is 12.4. The van der Waals surface area contributed by atoms with Gasteiger partial charge in [0.15, 0.2) is 0 Å². The van der Waals surface area contributed by atoms with E-state index in [0.717, 1.165) is 31.4 Å². The van der Waals surface area contributed by atoms with E-state index in [1.807, 2.05) is 0 Å². The van der Waals surface area contributed by atoms with Gasteiger partial charge in [0.05, 0.1) is 0 Å². The zero-order valence-electron chi connectivity index (χ0n) is 14.9. The maximum atomic E-state index is 12.4. The van der Waals surface area contributed by atoms with Gasteiger partial charge in [0.25, 0.3) is 0 Å². The number of benzene rings is 1. The second kappa shape index (κ2) is 7.86. The molecule has 0 bridgehead atoms. The lowest BCUT2D eigenvalue weighted by Crippen LogP contribution is -2.24. The van der Waals surface area contributed by atoms with E-state index in [-0.39, 0.29) is 6.03 Å². The van der Waals surface area contributed by atoms with Crippen LogP contribution in [0.1, 0.15) is 67.2 Å². The molecule has 0 aliphatic heterocycles. The zero-order valence-corrected chi connectivity index (χ0v) is 15.7. The molecule has 2 N–H and O–H groups in total. The fourth-order valence-electron chi connectivity index (χ4n) is 4.67. The van der Waals surface area contributed by atoms with E-state index < -0.39 is 0 Å². The first-order chi connectivity index (χ1) is 12.3. The molecule has 3 nitrogen and oxygen atoms in total. The second-order valence-electron chi connectivity index (χ2n) is 7.63. The first-order valence-corrected chi connectivity index (χ1v) is 10.7. The van der Waals surface area contributed by atoms with Crippen LogP contribution >= 0.6 is 11.9 Å². The Kier molecular flexibility index (Phi) is 5.35. The Morgan fingerprint density at radius 2 is 1.64 bits per heavy atom. The number of carbonyl (C=O) groups excluding carboxylic acids is 1. The first kappa shape index (κ1) is 17.0. The number of amides is 2. The molecule has 4 heteroatoms. The molecule has 134 valence electrons. The van der Waals surface area contributed by atoms with Gasteiger partial charge >= 0.3 is 6.03 Å². The molecule has 25 heavy (non-hydrogen) atoms. The molecule has 4 rings (SSSR count). The van der Waals surface area contributed by atoms with E-state index in [1.54, 1.807) is 0 Å². The smallest absolute Gasteiger partial charge is 0.307 e. The highest BCUT2D eigenvalue weighted by atomic mass is 32.2. The molecule has 0 saturated heterocycles. The first-order valence-electron chi connectivity index (χ1n) is 9.87. The molecule has 1 saturated carbocycles. The van der Waals surface area contributed by atoms with Crippen LogP contribution in [0.3, 0.4) is 0 Å². The Balaban J connectivity index is 1.36. The third-order valence-corrected chi connectivity index (χ3v) is 6.53. The number of nitrogens with one attached hydrogen (secondary N) is 2. The molecule has 3 aliphatic carbocycles. The largest absolute Gasteiger partial charge is 0.329 e. The molecule has 3 aliphatic rings. The number of fused-ring (bicyclic) bond motifs is 2. The monoisotopic (exact) mass is 356 g/mol. The van der Waals surface area contributed by atoms with Gasteiger partial charge in [-0.15, -0.1) is 0 Å². The van der Waals surface area contributed by atoms with Gasteiger partial charge in [0.2, 0.25) is 0 Å². The van der Waals surface area contributed by atoms with Gasteiger partial charge in [-0.25, -0.2) is 4.79 Å². The zero-order chi connectivity index (χ0) is 17.1. The van der Waals surface area contributed by atoms with Gasteiger partial charge in [-0.05, 0) is 96.9 Å². The lowest BCUT2D eigenvalue weighted by Gasteiger charge is -2.17. The minimum absolute atomic E-state index is 0.0901. The highest BCUT2D eigenvalue weighted by molar-refractivity contribution is 8.00. The Labute approximate surface area is 155 Å². The van der Waals surface area contributed by atoms with Crippen molar-refractivity contribution in [2.75, 3.05) is 5.32 Å². The molecule has 2 amide bonds. The van der Waals surface area contributed by atoms with Crippen LogP contribution < -0.4 is 10.0 Å².